The lowest BCUT2D eigenvalue weighted by atomic mass is 10.2. The molecule has 1 N–H and O–H groups in total. The van der Waals surface area contributed by atoms with Crippen LogP contribution in [0.2, 0.25) is 0 Å². The first kappa shape index (κ1) is 17.7. The summed E-state index contributed by atoms with van der Waals surface area (Å²) in [6.07, 6.45) is 2.87. The zero-order valence-corrected chi connectivity index (χ0v) is 15.9. The van der Waals surface area contributed by atoms with Gasteiger partial charge in [-0.1, -0.05) is 19.1 Å². The summed E-state index contributed by atoms with van der Waals surface area (Å²) in [7, 11) is 0. The van der Waals surface area contributed by atoms with Crippen molar-refractivity contribution < 1.29 is 9.13 Å². The van der Waals surface area contributed by atoms with Crippen LogP contribution in [0.25, 0.3) is 16.7 Å². The smallest absolute Gasteiger partial charge is 0.258 e. The molecule has 146 valence electrons. The van der Waals surface area contributed by atoms with E-state index < -0.39 is 0 Å². The minimum Gasteiger partial charge on any atom is -0.489 e. The number of ether oxygens (including phenoxy) is 1. The number of fused-ring (bicyclic) bond motifs is 1. The number of hydrogen-bond donors (Lipinski definition) is 1. The van der Waals surface area contributed by atoms with Crippen LogP contribution in [0.5, 0.6) is 5.75 Å². The van der Waals surface area contributed by atoms with E-state index in [9.17, 15) is 9.18 Å². The van der Waals surface area contributed by atoms with Gasteiger partial charge in [0.2, 0.25) is 0 Å². The molecule has 1 aliphatic rings. The Morgan fingerprint density at radius 1 is 1.17 bits per heavy atom. The molecule has 2 atom stereocenters. The van der Waals surface area contributed by atoms with Gasteiger partial charge in [0.1, 0.15) is 24.0 Å². The van der Waals surface area contributed by atoms with Crippen molar-refractivity contribution in [1.82, 2.24) is 14.5 Å². The molecule has 1 saturated carbocycles. The second-order valence-corrected chi connectivity index (χ2v) is 7.63. The van der Waals surface area contributed by atoms with Crippen molar-refractivity contribution >= 4 is 11.0 Å². The zero-order valence-electron chi connectivity index (χ0n) is 15.9. The summed E-state index contributed by atoms with van der Waals surface area (Å²) in [4.78, 5) is 20.7. The second kappa shape index (κ2) is 6.88. The number of halogens is 1. The minimum atomic E-state index is -0.288. The van der Waals surface area contributed by atoms with Crippen LogP contribution in [0.3, 0.4) is 0 Å². The van der Waals surface area contributed by atoms with Gasteiger partial charge in [-0.05, 0) is 54.3 Å². The van der Waals surface area contributed by atoms with E-state index in [1.165, 1.54) is 24.6 Å². The highest BCUT2D eigenvalue weighted by molar-refractivity contribution is 5.77. The molecule has 0 amide bonds. The molecular formula is C23H20FN3O2. The molecule has 2 heterocycles. The fraction of sp³-hybridized carbons (Fsp3) is 0.217. The Morgan fingerprint density at radius 2 is 1.97 bits per heavy atom. The lowest BCUT2D eigenvalue weighted by Crippen LogP contribution is -2.16. The fourth-order valence-electron chi connectivity index (χ4n) is 3.56. The normalized spacial score (nSPS) is 18.1. The van der Waals surface area contributed by atoms with Crippen LogP contribution in [0.15, 0.2) is 65.6 Å². The van der Waals surface area contributed by atoms with Gasteiger partial charge in [0.25, 0.3) is 5.56 Å². The van der Waals surface area contributed by atoms with Gasteiger partial charge >= 0.3 is 0 Å². The molecule has 5 nitrogen and oxygen atoms in total. The number of nitrogens with zero attached hydrogens (tertiary/aromatic N) is 2. The number of nitrogens with one attached hydrogen (secondary N) is 1. The van der Waals surface area contributed by atoms with Crippen molar-refractivity contribution in [2.24, 2.45) is 5.92 Å². The third-order valence-corrected chi connectivity index (χ3v) is 5.43. The van der Waals surface area contributed by atoms with Crippen LogP contribution < -0.4 is 10.3 Å². The molecule has 1 fully saturated rings. The average molecular weight is 389 g/mol. The number of imidazole rings is 1. The molecule has 1 aliphatic carbocycles. The van der Waals surface area contributed by atoms with Crippen LogP contribution >= 0.6 is 0 Å². The maximum absolute atomic E-state index is 13.0. The minimum absolute atomic E-state index is 0.184. The van der Waals surface area contributed by atoms with Gasteiger partial charge in [0.15, 0.2) is 0 Å². The highest BCUT2D eigenvalue weighted by Gasteiger charge is 2.36. The van der Waals surface area contributed by atoms with Crippen LogP contribution in [-0.2, 0) is 6.61 Å². The van der Waals surface area contributed by atoms with E-state index in [-0.39, 0.29) is 18.0 Å². The summed E-state index contributed by atoms with van der Waals surface area (Å²) in [5.41, 5.74) is 3.26. The van der Waals surface area contributed by atoms with Gasteiger partial charge < -0.3 is 9.72 Å². The SMILES string of the molecule is CC1CC1c1nc2ccc(-n3ccc(OCc4ccc(F)cc4)cc3=O)cc2[nH]1. The molecule has 29 heavy (non-hydrogen) atoms. The van der Waals surface area contributed by atoms with Crippen molar-refractivity contribution in [2.75, 3.05) is 0 Å². The number of hydrogen-bond acceptors (Lipinski definition) is 3. The number of pyridine rings is 1. The topological polar surface area (TPSA) is 59.9 Å². The average Bonchev–Trinajstić information content (AvgIpc) is 3.30. The first-order valence-electron chi connectivity index (χ1n) is 9.67. The molecule has 6 heteroatoms. The van der Waals surface area contributed by atoms with Crippen LogP contribution in [0.1, 0.15) is 30.7 Å². The summed E-state index contributed by atoms with van der Waals surface area (Å²) in [5, 5.41) is 0. The van der Waals surface area contributed by atoms with Gasteiger partial charge in [-0.25, -0.2) is 9.37 Å². The maximum atomic E-state index is 13.0. The van der Waals surface area contributed by atoms with Gasteiger partial charge in [0.05, 0.1) is 16.7 Å². The number of aromatic amines is 1. The molecule has 2 unspecified atom stereocenters. The highest BCUT2D eigenvalue weighted by atomic mass is 19.1. The van der Waals surface area contributed by atoms with E-state index in [4.69, 9.17) is 4.74 Å². The Bertz CT molecular complexity index is 1240. The number of benzene rings is 2. The summed E-state index contributed by atoms with van der Waals surface area (Å²) < 4.78 is 20.2. The number of aromatic nitrogens is 3. The molecule has 0 aliphatic heterocycles. The summed E-state index contributed by atoms with van der Waals surface area (Å²) >= 11 is 0. The van der Waals surface area contributed by atoms with E-state index in [1.54, 1.807) is 29.0 Å². The van der Waals surface area contributed by atoms with Gasteiger partial charge in [-0.15, -0.1) is 0 Å². The van der Waals surface area contributed by atoms with Crippen LogP contribution in [0.4, 0.5) is 4.39 Å². The van der Waals surface area contributed by atoms with Crippen molar-refractivity contribution in [1.29, 1.82) is 0 Å². The summed E-state index contributed by atoms with van der Waals surface area (Å²) in [5.74, 6) is 2.42. The first-order valence-corrected chi connectivity index (χ1v) is 9.67. The third kappa shape index (κ3) is 3.53. The second-order valence-electron chi connectivity index (χ2n) is 7.63. The Hall–Kier alpha value is -3.41. The third-order valence-electron chi connectivity index (χ3n) is 5.43. The molecule has 2 aromatic heterocycles. The van der Waals surface area contributed by atoms with Crippen molar-refractivity contribution in [3.05, 3.63) is 88.4 Å². The Labute approximate surface area is 166 Å². The Morgan fingerprint density at radius 3 is 2.69 bits per heavy atom. The standard InChI is InChI=1S/C23H20FN3O2/c1-14-10-19(14)23-25-20-7-6-17(11-21(20)26-23)27-9-8-18(12-22(27)28)29-13-15-2-4-16(24)5-3-15/h2-9,11-12,14,19H,10,13H2,1H3,(H,25,26). The molecule has 0 spiro atoms. The van der Waals surface area contributed by atoms with Gasteiger partial charge in [-0.3, -0.25) is 9.36 Å². The van der Waals surface area contributed by atoms with Crippen LogP contribution in [-0.4, -0.2) is 14.5 Å². The largest absolute Gasteiger partial charge is 0.489 e. The Balaban J connectivity index is 1.36. The van der Waals surface area contributed by atoms with E-state index in [0.29, 0.717) is 17.6 Å². The van der Waals surface area contributed by atoms with Crippen molar-refractivity contribution in [2.45, 2.75) is 25.9 Å². The zero-order chi connectivity index (χ0) is 20.0. The molecular weight excluding hydrogens is 369 g/mol. The molecule has 0 saturated heterocycles. The molecule has 4 aromatic rings. The first-order chi connectivity index (χ1) is 14.1. The fourth-order valence-corrected chi connectivity index (χ4v) is 3.56. The van der Waals surface area contributed by atoms with E-state index in [1.807, 2.05) is 18.2 Å². The quantitative estimate of drug-likeness (QED) is 0.545. The summed E-state index contributed by atoms with van der Waals surface area (Å²) in [6.45, 7) is 2.49. The molecule has 0 radical (unpaired) electrons. The molecule has 5 rings (SSSR count). The van der Waals surface area contributed by atoms with Crippen molar-refractivity contribution in [3.63, 3.8) is 0 Å². The molecule has 2 aromatic carbocycles. The predicted octanol–water partition coefficient (Wildman–Crippen LogP) is 4.56. The lowest BCUT2D eigenvalue weighted by molar-refractivity contribution is 0.305. The van der Waals surface area contributed by atoms with Gasteiger partial charge in [-0.2, -0.15) is 0 Å². The number of rotatable bonds is 5. The number of H-pyrrole nitrogens is 1. The van der Waals surface area contributed by atoms with Crippen LogP contribution in [0, 0.1) is 11.7 Å². The monoisotopic (exact) mass is 389 g/mol. The lowest BCUT2D eigenvalue weighted by Gasteiger charge is -2.09. The summed E-state index contributed by atoms with van der Waals surface area (Å²) in [6, 6.07) is 15.1. The predicted molar refractivity (Wildman–Crippen MR) is 109 cm³/mol. The molecule has 0 bridgehead atoms. The highest BCUT2D eigenvalue weighted by Crippen LogP contribution is 2.45. The van der Waals surface area contributed by atoms with E-state index in [2.05, 4.69) is 16.9 Å². The van der Waals surface area contributed by atoms with E-state index >= 15 is 0 Å². The van der Waals surface area contributed by atoms with Gasteiger partial charge in [0, 0.05) is 18.2 Å². The maximum Gasteiger partial charge on any atom is 0.258 e. The Kier molecular flexibility index (Phi) is 4.19. The van der Waals surface area contributed by atoms with Crippen molar-refractivity contribution in [3.8, 4) is 11.4 Å². The van der Waals surface area contributed by atoms with E-state index in [0.717, 1.165) is 28.1 Å².